The number of halogens is 3. The molecule has 112 valence electrons. The molecule has 0 saturated heterocycles. The van der Waals surface area contributed by atoms with Gasteiger partial charge in [0.15, 0.2) is 5.69 Å². The minimum Gasteiger partial charge on any atom is -0.357 e. The molecular weight excluding hydrogens is 281 g/mol. The normalized spacial score (nSPS) is 11.3. The van der Waals surface area contributed by atoms with E-state index in [2.05, 4.69) is 20.6 Å². The Morgan fingerprint density at radius 3 is 2.19 bits per heavy atom. The van der Waals surface area contributed by atoms with Crippen molar-refractivity contribution in [1.29, 1.82) is 0 Å². The van der Waals surface area contributed by atoms with Crippen molar-refractivity contribution in [1.82, 2.24) is 9.97 Å². The number of para-hydroxylation sites is 1. The molecule has 0 atom stereocenters. The van der Waals surface area contributed by atoms with Gasteiger partial charge in [0.2, 0.25) is 5.95 Å². The van der Waals surface area contributed by atoms with E-state index in [1.807, 2.05) is 32.0 Å². The second kappa shape index (κ2) is 5.59. The number of aryl methyl sites for hydroxylation is 2. The summed E-state index contributed by atoms with van der Waals surface area (Å²) in [4.78, 5) is 7.43. The molecule has 0 aliphatic rings. The number of anilines is 3. The molecule has 1 heterocycles. The van der Waals surface area contributed by atoms with E-state index in [4.69, 9.17) is 0 Å². The molecule has 0 fully saturated rings. The van der Waals surface area contributed by atoms with Crippen LogP contribution < -0.4 is 10.6 Å². The van der Waals surface area contributed by atoms with Crippen molar-refractivity contribution >= 4 is 17.5 Å². The lowest BCUT2D eigenvalue weighted by Gasteiger charge is -2.14. The first-order valence-corrected chi connectivity index (χ1v) is 6.28. The smallest absolute Gasteiger partial charge is 0.357 e. The SMILES string of the molecule is CNc1nc(Nc2c(C)cccc2C)cc(C(F)(F)F)n1. The third-order valence-corrected chi connectivity index (χ3v) is 2.97. The molecule has 0 saturated carbocycles. The zero-order valence-corrected chi connectivity index (χ0v) is 11.8. The van der Waals surface area contributed by atoms with E-state index in [0.717, 1.165) is 22.9 Å². The number of hydrogen-bond acceptors (Lipinski definition) is 4. The maximum Gasteiger partial charge on any atom is 0.433 e. The summed E-state index contributed by atoms with van der Waals surface area (Å²) in [6.07, 6.45) is -4.52. The van der Waals surface area contributed by atoms with Gasteiger partial charge in [-0.1, -0.05) is 18.2 Å². The summed E-state index contributed by atoms with van der Waals surface area (Å²) in [7, 11) is 1.47. The van der Waals surface area contributed by atoms with Crippen LogP contribution in [0.2, 0.25) is 0 Å². The van der Waals surface area contributed by atoms with Crippen molar-refractivity contribution in [3.8, 4) is 0 Å². The summed E-state index contributed by atoms with van der Waals surface area (Å²) in [6.45, 7) is 3.75. The molecule has 7 heteroatoms. The van der Waals surface area contributed by atoms with E-state index in [9.17, 15) is 13.2 Å². The number of hydrogen-bond donors (Lipinski definition) is 2. The molecule has 0 unspecified atom stereocenters. The lowest BCUT2D eigenvalue weighted by molar-refractivity contribution is -0.141. The number of alkyl halides is 3. The van der Waals surface area contributed by atoms with Gasteiger partial charge in [-0.25, -0.2) is 4.98 Å². The van der Waals surface area contributed by atoms with Gasteiger partial charge >= 0.3 is 6.18 Å². The average molecular weight is 296 g/mol. The van der Waals surface area contributed by atoms with Gasteiger partial charge in [-0.05, 0) is 25.0 Å². The molecule has 0 amide bonds. The Balaban J connectivity index is 2.45. The maximum atomic E-state index is 12.8. The van der Waals surface area contributed by atoms with E-state index < -0.39 is 11.9 Å². The minimum atomic E-state index is -4.52. The summed E-state index contributed by atoms with van der Waals surface area (Å²) in [5.74, 6) is 0.0117. The fraction of sp³-hybridized carbons (Fsp3) is 0.286. The zero-order valence-electron chi connectivity index (χ0n) is 11.8. The monoisotopic (exact) mass is 296 g/mol. The van der Waals surface area contributed by atoms with Crippen LogP contribution in [0.4, 0.5) is 30.6 Å². The molecule has 2 aromatic rings. The molecule has 4 nitrogen and oxygen atoms in total. The molecule has 0 aliphatic carbocycles. The Hall–Kier alpha value is -2.31. The van der Waals surface area contributed by atoms with Crippen molar-refractivity contribution in [2.24, 2.45) is 0 Å². The molecule has 2 rings (SSSR count). The summed E-state index contributed by atoms with van der Waals surface area (Å²) >= 11 is 0. The summed E-state index contributed by atoms with van der Waals surface area (Å²) in [6, 6.07) is 6.53. The van der Waals surface area contributed by atoms with Gasteiger partial charge in [0.1, 0.15) is 5.82 Å². The summed E-state index contributed by atoms with van der Waals surface area (Å²) in [5, 5.41) is 5.47. The van der Waals surface area contributed by atoms with Crippen LogP contribution >= 0.6 is 0 Å². The minimum absolute atomic E-state index is 0.0847. The van der Waals surface area contributed by atoms with Crippen molar-refractivity contribution in [3.05, 3.63) is 41.1 Å². The zero-order chi connectivity index (χ0) is 15.6. The van der Waals surface area contributed by atoms with Gasteiger partial charge in [-0.3, -0.25) is 0 Å². The second-order valence-electron chi connectivity index (χ2n) is 4.60. The molecule has 0 aliphatic heterocycles. The lowest BCUT2D eigenvalue weighted by Crippen LogP contribution is -2.12. The molecule has 1 aromatic carbocycles. The first-order chi connectivity index (χ1) is 9.81. The molecule has 0 bridgehead atoms. The van der Waals surface area contributed by atoms with E-state index in [-0.39, 0.29) is 11.8 Å². The Kier molecular flexibility index (Phi) is 4.02. The molecule has 2 N–H and O–H groups in total. The highest BCUT2D eigenvalue weighted by molar-refractivity contribution is 5.65. The summed E-state index contributed by atoms with van der Waals surface area (Å²) in [5.41, 5.74) is 1.60. The van der Waals surface area contributed by atoms with Crippen molar-refractivity contribution < 1.29 is 13.2 Å². The number of nitrogens with zero attached hydrogens (tertiary/aromatic N) is 2. The van der Waals surface area contributed by atoms with Crippen LogP contribution in [0, 0.1) is 13.8 Å². The predicted molar refractivity (Wildman–Crippen MR) is 75.8 cm³/mol. The van der Waals surface area contributed by atoms with Crippen LogP contribution in [0.1, 0.15) is 16.8 Å². The molecule has 21 heavy (non-hydrogen) atoms. The molecule has 0 radical (unpaired) electrons. The van der Waals surface area contributed by atoms with E-state index in [0.29, 0.717) is 0 Å². The number of benzene rings is 1. The lowest BCUT2D eigenvalue weighted by atomic mass is 10.1. The molecule has 0 spiro atoms. The average Bonchev–Trinajstić information content (AvgIpc) is 2.42. The van der Waals surface area contributed by atoms with Gasteiger partial charge in [-0.2, -0.15) is 18.2 Å². The van der Waals surface area contributed by atoms with Crippen LogP contribution in [-0.4, -0.2) is 17.0 Å². The van der Waals surface area contributed by atoms with E-state index in [1.165, 1.54) is 7.05 Å². The number of nitrogens with one attached hydrogen (secondary N) is 2. The number of aromatic nitrogens is 2. The third-order valence-electron chi connectivity index (χ3n) is 2.97. The molecule has 1 aromatic heterocycles. The fourth-order valence-electron chi connectivity index (χ4n) is 1.91. The fourth-order valence-corrected chi connectivity index (χ4v) is 1.91. The first kappa shape index (κ1) is 15.1. The van der Waals surface area contributed by atoms with Crippen LogP contribution in [-0.2, 0) is 6.18 Å². The standard InChI is InChI=1S/C14H15F3N4/c1-8-5-4-6-9(2)12(8)20-11-7-10(14(15,16)17)19-13(18-3)21-11/h4-7H,1-3H3,(H2,18,19,20,21). The Morgan fingerprint density at radius 2 is 1.67 bits per heavy atom. The Morgan fingerprint density at radius 1 is 1.05 bits per heavy atom. The number of rotatable bonds is 3. The van der Waals surface area contributed by atoms with E-state index >= 15 is 0 Å². The van der Waals surface area contributed by atoms with Gasteiger partial charge < -0.3 is 10.6 Å². The van der Waals surface area contributed by atoms with Gasteiger partial charge in [0.05, 0.1) is 0 Å². The van der Waals surface area contributed by atoms with Gasteiger partial charge in [0, 0.05) is 18.8 Å². The van der Waals surface area contributed by atoms with Crippen LogP contribution in [0.3, 0.4) is 0 Å². The Bertz CT molecular complexity index is 633. The maximum absolute atomic E-state index is 12.8. The van der Waals surface area contributed by atoms with Crippen molar-refractivity contribution in [2.75, 3.05) is 17.7 Å². The summed E-state index contributed by atoms with van der Waals surface area (Å²) < 4.78 is 38.5. The van der Waals surface area contributed by atoms with Crippen molar-refractivity contribution in [3.63, 3.8) is 0 Å². The van der Waals surface area contributed by atoms with E-state index in [1.54, 1.807) is 0 Å². The van der Waals surface area contributed by atoms with Crippen LogP contribution in [0.5, 0.6) is 0 Å². The highest BCUT2D eigenvalue weighted by Gasteiger charge is 2.33. The van der Waals surface area contributed by atoms with Crippen molar-refractivity contribution in [2.45, 2.75) is 20.0 Å². The second-order valence-corrected chi connectivity index (χ2v) is 4.60. The van der Waals surface area contributed by atoms with Crippen LogP contribution in [0.25, 0.3) is 0 Å². The predicted octanol–water partition coefficient (Wildman–Crippen LogP) is 3.90. The van der Waals surface area contributed by atoms with Crippen LogP contribution in [0.15, 0.2) is 24.3 Å². The topological polar surface area (TPSA) is 49.8 Å². The largest absolute Gasteiger partial charge is 0.433 e. The molecular formula is C14H15F3N4. The van der Waals surface area contributed by atoms with Gasteiger partial charge in [-0.15, -0.1) is 0 Å². The third kappa shape index (κ3) is 3.42. The quantitative estimate of drug-likeness (QED) is 0.902. The highest BCUT2D eigenvalue weighted by atomic mass is 19.4. The first-order valence-electron chi connectivity index (χ1n) is 6.28. The van der Waals surface area contributed by atoms with Gasteiger partial charge in [0.25, 0.3) is 0 Å². The Labute approximate surface area is 120 Å². The highest BCUT2D eigenvalue weighted by Crippen LogP contribution is 2.31.